The molecule has 5 nitrogen and oxygen atoms in total. The van der Waals surface area contributed by atoms with E-state index in [1.807, 2.05) is 4.90 Å². The van der Waals surface area contributed by atoms with Gasteiger partial charge in [-0.1, -0.05) is 0 Å². The van der Waals surface area contributed by atoms with Crippen molar-refractivity contribution in [1.82, 2.24) is 14.9 Å². The number of fused-ring (bicyclic) bond motifs is 1. The van der Waals surface area contributed by atoms with Crippen molar-refractivity contribution in [3.63, 3.8) is 0 Å². The second-order valence-corrected chi connectivity index (χ2v) is 7.58. The minimum Gasteiger partial charge on any atom is -0.389 e. The maximum Gasteiger partial charge on any atom is 0.225 e. The maximum atomic E-state index is 12.6. The predicted octanol–water partition coefficient (Wildman–Crippen LogP) is 2.44. The number of thiophene rings is 1. The minimum atomic E-state index is -0.752. The zero-order chi connectivity index (χ0) is 16.6. The third-order valence-electron chi connectivity index (χ3n) is 5.20. The summed E-state index contributed by atoms with van der Waals surface area (Å²) in [5.74, 6) is 0.0649. The maximum absolute atomic E-state index is 12.6. The molecule has 1 amide bonds. The number of carbonyl (C=O) groups excluding carboxylic acids is 1. The molecule has 2 aromatic heterocycles. The number of amides is 1. The smallest absolute Gasteiger partial charge is 0.225 e. The lowest BCUT2D eigenvalue weighted by Crippen LogP contribution is -2.44. The Bertz CT molecular complexity index is 741. The van der Waals surface area contributed by atoms with Gasteiger partial charge in [-0.05, 0) is 37.1 Å². The van der Waals surface area contributed by atoms with Gasteiger partial charge in [-0.3, -0.25) is 4.79 Å². The van der Waals surface area contributed by atoms with Gasteiger partial charge in [0.2, 0.25) is 5.91 Å². The number of hydrogen-bond acceptors (Lipinski definition) is 5. The summed E-state index contributed by atoms with van der Waals surface area (Å²) < 4.78 is 0. The van der Waals surface area contributed by atoms with Crippen LogP contribution >= 0.6 is 11.3 Å². The highest BCUT2D eigenvalue weighted by atomic mass is 32.1. The van der Waals surface area contributed by atoms with E-state index in [1.54, 1.807) is 17.7 Å². The third-order valence-corrected chi connectivity index (χ3v) is 5.88. The Morgan fingerprint density at radius 2 is 2.12 bits per heavy atom. The van der Waals surface area contributed by atoms with Crippen molar-refractivity contribution in [1.29, 1.82) is 0 Å². The van der Waals surface area contributed by atoms with Gasteiger partial charge in [0.25, 0.3) is 0 Å². The van der Waals surface area contributed by atoms with Crippen LogP contribution in [0.1, 0.15) is 36.9 Å². The summed E-state index contributed by atoms with van der Waals surface area (Å²) in [4.78, 5) is 23.4. The summed E-state index contributed by atoms with van der Waals surface area (Å²) in [6.45, 7) is 1.34. The number of hydrogen-bond donors (Lipinski definition) is 1. The van der Waals surface area contributed by atoms with Gasteiger partial charge >= 0.3 is 0 Å². The van der Waals surface area contributed by atoms with Crippen LogP contribution in [0.25, 0.3) is 11.3 Å². The lowest BCUT2D eigenvalue weighted by Gasteiger charge is -2.37. The first-order chi connectivity index (χ1) is 11.6. The Kier molecular flexibility index (Phi) is 4.10. The van der Waals surface area contributed by atoms with E-state index in [9.17, 15) is 9.90 Å². The summed E-state index contributed by atoms with van der Waals surface area (Å²) >= 11 is 1.66. The number of rotatable bonds is 3. The first-order valence-corrected chi connectivity index (χ1v) is 9.44. The molecule has 0 radical (unpaired) electrons. The van der Waals surface area contributed by atoms with Gasteiger partial charge in [-0.15, -0.1) is 0 Å². The van der Waals surface area contributed by atoms with Crippen LogP contribution in [0.3, 0.4) is 0 Å². The molecular formula is C18H21N3O2S. The molecule has 126 valence electrons. The molecule has 0 bridgehead atoms. The Morgan fingerprint density at radius 1 is 1.29 bits per heavy atom. The van der Waals surface area contributed by atoms with Gasteiger partial charge in [0, 0.05) is 41.7 Å². The van der Waals surface area contributed by atoms with Gasteiger partial charge in [-0.25, -0.2) is 9.97 Å². The molecule has 3 heterocycles. The van der Waals surface area contributed by atoms with Crippen molar-refractivity contribution in [3.8, 4) is 11.3 Å². The molecule has 0 atom stereocenters. The first kappa shape index (κ1) is 15.7. The summed E-state index contributed by atoms with van der Waals surface area (Å²) in [5, 5.41) is 14.4. The van der Waals surface area contributed by atoms with Crippen LogP contribution in [0.15, 0.2) is 23.2 Å². The summed E-state index contributed by atoms with van der Waals surface area (Å²) in [6, 6.07) is 2.08. The van der Waals surface area contributed by atoms with Crippen LogP contribution in [-0.2, 0) is 17.6 Å². The van der Waals surface area contributed by atoms with E-state index < -0.39 is 5.60 Å². The molecule has 1 aliphatic carbocycles. The lowest BCUT2D eigenvalue weighted by molar-refractivity contribution is -0.140. The lowest BCUT2D eigenvalue weighted by atomic mass is 9.77. The molecule has 0 unspecified atom stereocenters. The molecule has 2 aromatic rings. The van der Waals surface area contributed by atoms with E-state index in [0.717, 1.165) is 54.6 Å². The second kappa shape index (κ2) is 6.26. The summed E-state index contributed by atoms with van der Waals surface area (Å²) in [7, 11) is 0. The van der Waals surface area contributed by atoms with Gasteiger partial charge in [0.05, 0.1) is 17.7 Å². The monoisotopic (exact) mass is 343 g/mol. The number of aromatic nitrogens is 2. The minimum absolute atomic E-state index is 0.0649. The highest BCUT2D eigenvalue weighted by molar-refractivity contribution is 7.08. The fourth-order valence-corrected chi connectivity index (χ4v) is 4.22. The Hall–Kier alpha value is -1.79. The second-order valence-electron chi connectivity index (χ2n) is 6.80. The number of aliphatic hydroxyl groups is 1. The van der Waals surface area contributed by atoms with E-state index in [2.05, 4.69) is 26.8 Å². The quantitative estimate of drug-likeness (QED) is 0.929. The molecule has 6 heteroatoms. The fraction of sp³-hybridized carbons (Fsp3) is 0.500. The Labute approximate surface area is 145 Å². The zero-order valence-corrected chi connectivity index (χ0v) is 14.4. The normalized spacial score (nSPS) is 19.3. The van der Waals surface area contributed by atoms with E-state index in [-0.39, 0.29) is 12.3 Å². The predicted molar refractivity (Wildman–Crippen MR) is 92.8 cm³/mol. The molecule has 1 fully saturated rings. The molecule has 24 heavy (non-hydrogen) atoms. The molecule has 0 spiro atoms. The SMILES string of the molecule is O=C(CC1(O)CCC1)N1CCc2ncnc(-c3ccsc3)c2CC1. The number of carbonyl (C=O) groups is 1. The summed E-state index contributed by atoms with van der Waals surface area (Å²) in [5.41, 5.74) is 3.57. The van der Waals surface area contributed by atoms with Crippen LogP contribution < -0.4 is 0 Å². The topological polar surface area (TPSA) is 66.3 Å². The van der Waals surface area contributed by atoms with E-state index in [1.165, 1.54) is 0 Å². The molecule has 4 rings (SSSR count). The average molecular weight is 343 g/mol. The van der Waals surface area contributed by atoms with Crippen molar-refractivity contribution < 1.29 is 9.90 Å². The van der Waals surface area contributed by atoms with Gasteiger partial charge in [-0.2, -0.15) is 11.3 Å². The number of nitrogens with zero attached hydrogens (tertiary/aromatic N) is 3. The molecule has 0 saturated heterocycles. The Morgan fingerprint density at radius 3 is 2.83 bits per heavy atom. The first-order valence-electron chi connectivity index (χ1n) is 8.50. The standard InChI is InChI=1S/C18H21N3O2S/c22-16(10-18(23)5-1-6-18)21-7-2-14-15(3-8-21)19-12-20-17(14)13-4-9-24-11-13/h4,9,11-12,23H,1-3,5-8,10H2. The van der Waals surface area contributed by atoms with Crippen molar-refractivity contribution in [2.45, 2.75) is 44.1 Å². The van der Waals surface area contributed by atoms with E-state index >= 15 is 0 Å². The van der Waals surface area contributed by atoms with Crippen molar-refractivity contribution >= 4 is 17.2 Å². The largest absolute Gasteiger partial charge is 0.389 e. The average Bonchev–Trinajstić information content (AvgIpc) is 2.99. The van der Waals surface area contributed by atoms with Crippen LogP contribution in [0.5, 0.6) is 0 Å². The highest BCUT2D eigenvalue weighted by Crippen LogP contribution is 2.35. The van der Waals surface area contributed by atoms with Gasteiger partial charge in [0.15, 0.2) is 0 Å². The van der Waals surface area contributed by atoms with Crippen LogP contribution in [0.4, 0.5) is 0 Å². The van der Waals surface area contributed by atoms with Crippen LogP contribution in [0, 0.1) is 0 Å². The molecule has 1 saturated carbocycles. The van der Waals surface area contributed by atoms with Crippen molar-refractivity contribution in [2.75, 3.05) is 13.1 Å². The molecule has 1 aliphatic heterocycles. The third kappa shape index (κ3) is 2.96. The molecule has 1 N–H and O–H groups in total. The van der Waals surface area contributed by atoms with Crippen LogP contribution in [-0.4, -0.2) is 44.6 Å². The molecule has 2 aliphatic rings. The molecular weight excluding hydrogens is 322 g/mol. The highest BCUT2D eigenvalue weighted by Gasteiger charge is 2.38. The van der Waals surface area contributed by atoms with Crippen molar-refractivity contribution in [2.24, 2.45) is 0 Å². The fourth-order valence-electron chi connectivity index (χ4n) is 3.58. The van der Waals surface area contributed by atoms with E-state index in [0.29, 0.717) is 13.1 Å². The Balaban J connectivity index is 1.52. The summed E-state index contributed by atoms with van der Waals surface area (Å²) in [6.07, 6.45) is 5.92. The van der Waals surface area contributed by atoms with Crippen LogP contribution in [0.2, 0.25) is 0 Å². The van der Waals surface area contributed by atoms with E-state index in [4.69, 9.17) is 0 Å². The van der Waals surface area contributed by atoms with Crippen molar-refractivity contribution in [3.05, 3.63) is 34.4 Å². The zero-order valence-electron chi connectivity index (χ0n) is 13.6. The molecule has 0 aromatic carbocycles. The van der Waals surface area contributed by atoms with Gasteiger partial charge in [0.1, 0.15) is 6.33 Å². The van der Waals surface area contributed by atoms with Gasteiger partial charge < -0.3 is 10.0 Å².